The maximum Gasteiger partial charge on any atom is 0.270 e. The van der Waals surface area contributed by atoms with Gasteiger partial charge in [-0.05, 0) is 30.3 Å². The lowest BCUT2D eigenvalue weighted by Gasteiger charge is -2.08. The normalized spacial score (nSPS) is 10.8. The number of nitro groups is 1. The van der Waals surface area contributed by atoms with Crippen LogP contribution in [0.1, 0.15) is 26.4 Å². The average Bonchev–Trinajstić information content (AvgIpc) is 3.07. The summed E-state index contributed by atoms with van der Waals surface area (Å²) >= 11 is 12.1. The fraction of sp³-hybridized carbons (Fsp3) is 0. The summed E-state index contributed by atoms with van der Waals surface area (Å²) in [6.45, 7) is 0. The standard InChI is InChI=1S/C22H14Cl2N4O4/c23-13-7-8-16(15(24)11-13)26-22(30)18-17-6-1-2-9-27(17)20(19(18)25)21(29)12-4-3-5-14(10-12)28(31)32/h1-11H,25H2,(H,26,30). The second kappa shape index (κ2) is 8.33. The summed E-state index contributed by atoms with van der Waals surface area (Å²) in [4.78, 5) is 36.9. The van der Waals surface area contributed by atoms with Gasteiger partial charge in [0.25, 0.3) is 11.6 Å². The zero-order chi connectivity index (χ0) is 23.0. The number of amides is 1. The fourth-order valence-electron chi connectivity index (χ4n) is 3.37. The van der Waals surface area contributed by atoms with E-state index in [1.54, 1.807) is 36.5 Å². The molecular formula is C22H14Cl2N4O4. The van der Waals surface area contributed by atoms with E-state index in [0.717, 1.165) is 6.07 Å². The molecule has 0 radical (unpaired) electrons. The van der Waals surface area contributed by atoms with Crippen LogP contribution in [-0.4, -0.2) is 21.0 Å². The predicted octanol–water partition coefficient (Wildman–Crippen LogP) is 5.22. The lowest BCUT2D eigenvalue weighted by atomic mass is 10.1. The Balaban J connectivity index is 1.82. The number of nitro benzene ring substituents is 1. The number of fused-ring (bicyclic) bond motifs is 1. The van der Waals surface area contributed by atoms with Crippen molar-refractivity contribution >= 4 is 57.5 Å². The Bertz CT molecular complexity index is 1410. The van der Waals surface area contributed by atoms with E-state index in [4.69, 9.17) is 28.9 Å². The maximum absolute atomic E-state index is 13.3. The molecule has 1 amide bonds. The number of carbonyl (C=O) groups is 2. The molecule has 0 aliphatic heterocycles. The number of nitrogens with zero attached hydrogens (tertiary/aromatic N) is 2. The molecule has 4 rings (SSSR count). The molecule has 0 atom stereocenters. The molecule has 8 nitrogen and oxygen atoms in total. The van der Waals surface area contributed by atoms with Gasteiger partial charge in [0.2, 0.25) is 5.78 Å². The van der Waals surface area contributed by atoms with Gasteiger partial charge in [0.05, 0.1) is 32.4 Å². The van der Waals surface area contributed by atoms with Crippen LogP contribution in [0.25, 0.3) is 5.52 Å². The number of aromatic nitrogens is 1. The molecule has 0 saturated carbocycles. The third-order valence-electron chi connectivity index (χ3n) is 4.82. The second-order valence-corrected chi connectivity index (χ2v) is 7.65. The van der Waals surface area contributed by atoms with Crippen molar-refractivity contribution in [1.82, 2.24) is 4.40 Å². The molecule has 0 bridgehead atoms. The molecule has 2 aromatic heterocycles. The summed E-state index contributed by atoms with van der Waals surface area (Å²) in [6, 6.07) is 14.9. The highest BCUT2D eigenvalue weighted by Crippen LogP contribution is 2.31. The number of carbonyl (C=O) groups excluding carboxylic acids is 2. The summed E-state index contributed by atoms with van der Waals surface area (Å²) in [5.41, 5.74) is 6.87. The van der Waals surface area contributed by atoms with Crippen molar-refractivity contribution < 1.29 is 14.5 Å². The molecule has 4 aromatic rings. The number of anilines is 2. The Labute approximate surface area is 191 Å². The van der Waals surface area contributed by atoms with Crippen molar-refractivity contribution in [1.29, 1.82) is 0 Å². The first-order valence-electron chi connectivity index (χ1n) is 9.22. The van der Waals surface area contributed by atoms with Crippen LogP contribution < -0.4 is 11.1 Å². The number of ketones is 1. The zero-order valence-electron chi connectivity index (χ0n) is 16.2. The van der Waals surface area contributed by atoms with Crippen molar-refractivity contribution in [3.8, 4) is 0 Å². The summed E-state index contributed by atoms with van der Waals surface area (Å²) in [5, 5.41) is 14.4. The molecule has 0 spiro atoms. The molecule has 3 N–H and O–H groups in total. The molecule has 2 heterocycles. The quantitative estimate of drug-likeness (QED) is 0.236. The molecule has 2 aromatic carbocycles. The van der Waals surface area contributed by atoms with Crippen molar-refractivity contribution in [2.24, 2.45) is 0 Å². The molecule has 0 aliphatic carbocycles. The van der Waals surface area contributed by atoms with Gasteiger partial charge in [-0.25, -0.2) is 0 Å². The number of non-ortho nitro benzene ring substituents is 1. The first-order chi connectivity index (χ1) is 15.3. The number of nitrogens with one attached hydrogen (secondary N) is 1. The van der Waals surface area contributed by atoms with Crippen LogP contribution in [0.3, 0.4) is 0 Å². The maximum atomic E-state index is 13.3. The number of rotatable bonds is 5. The Kier molecular flexibility index (Phi) is 5.56. The summed E-state index contributed by atoms with van der Waals surface area (Å²) < 4.78 is 1.48. The van der Waals surface area contributed by atoms with Gasteiger partial charge in [-0.15, -0.1) is 0 Å². The summed E-state index contributed by atoms with van der Waals surface area (Å²) in [5.74, 6) is -1.13. The fourth-order valence-corrected chi connectivity index (χ4v) is 3.83. The van der Waals surface area contributed by atoms with Crippen LogP contribution in [0.2, 0.25) is 10.0 Å². The summed E-state index contributed by atoms with van der Waals surface area (Å²) in [7, 11) is 0. The van der Waals surface area contributed by atoms with Crippen LogP contribution in [0.4, 0.5) is 17.1 Å². The Morgan fingerprint density at radius 3 is 2.53 bits per heavy atom. The number of benzene rings is 2. The SMILES string of the molecule is Nc1c(C(=O)Nc2ccc(Cl)cc2Cl)c2ccccn2c1C(=O)c1cccc([N+](=O)[O-])c1. The highest BCUT2D eigenvalue weighted by molar-refractivity contribution is 6.37. The van der Waals surface area contributed by atoms with Crippen molar-refractivity contribution in [2.75, 3.05) is 11.1 Å². The average molecular weight is 469 g/mol. The van der Waals surface area contributed by atoms with Gasteiger partial charge in [-0.3, -0.25) is 19.7 Å². The van der Waals surface area contributed by atoms with Crippen LogP contribution in [0.15, 0.2) is 66.9 Å². The van der Waals surface area contributed by atoms with Gasteiger partial charge < -0.3 is 15.5 Å². The number of nitrogens with two attached hydrogens (primary N) is 1. The van der Waals surface area contributed by atoms with Crippen LogP contribution in [0.5, 0.6) is 0 Å². The first kappa shape index (κ1) is 21.4. The minimum atomic E-state index is -0.592. The van der Waals surface area contributed by atoms with Crippen LogP contribution >= 0.6 is 23.2 Å². The lowest BCUT2D eigenvalue weighted by molar-refractivity contribution is -0.384. The Morgan fingerprint density at radius 2 is 1.81 bits per heavy atom. The molecule has 0 fully saturated rings. The third-order valence-corrected chi connectivity index (χ3v) is 5.37. The Morgan fingerprint density at radius 1 is 1.03 bits per heavy atom. The highest BCUT2D eigenvalue weighted by Gasteiger charge is 2.27. The Hall–Kier alpha value is -3.88. The minimum Gasteiger partial charge on any atom is -0.396 e. The summed E-state index contributed by atoms with van der Waals surface area (Å²) in [6.07, 6.45) is 1.59. The lowest BCUT2D eigenvalue weighted by Crippen LogP contribution is -2.14. The second-order valence-electron chi connectivity index (χ2n) is 6.81. The van der Waals surface area contributed by atoms with E-state index < -0.39 is 16.6 Å². The van der Waals surface area contributed by atoms with E-state index in [-0.39, 0.29) is 33.2 Å². The first-order valence-corrected chi connectivity index (χ1v) is 9.97. The molecule has 0 saturated heterocycles. The predicted molar refractivity (Wildman–Crippen MR) is 123 cm³/mol. The molecule has 0 aliphatic rings. The van der Waals surface area contributed by atoms with Crippen LogP contribution in [0, 0.1) is 10.1 Å². The van der Waals surface area contributed by atoms with Gasteiger partial charge in [-0.1, -0.05) is 41.4 Å². The minimum absolute atomic E-state index is 0.0217. The van der Waals surface area contributed by atoms with E-state index in [1.165, 1.54) is 28.7 Å². The van der Waals surface area contributed by atoms with Gasteiger partial charge in [0.15, 0.2) is 0 Å². The van der Waals surface area contributed by atoms with Crippen molar-refractivity contribution in [2.45, 2.75) is 0 Å². The topological polar surface area (TPSA) is 120 Å². The monoisotopic (exact) mass is 468 g/mol. The van der Waals surface area contributed by atoms with E-state index in [1.807, 2.05) is 0 Å². The van der Waals surface area contributed by atoms with Crippen molar-refractivity contribution in [3.63, 3.8) is 0 Å². The third kappa shape index (κ3) is 3.77. The number of hydrogen-bond donors (Lipinski definition) is 2. The molecule has 10 heteroatoms. The number of halogens is 2. The van der Waals surface area contributed by atoms with E-state index >= 15 is 0 Å². The van der Waals surface area contributed by atoms with Crippen LogP contribution in [-0.2, 0) is 0 Å². The van der Waals surface area contributed by atoms with Gasteiger partial charge in [-0.2, -0.15) is 0 Å². The van der Waals surface area contributed by atoms with E-state index in [2.05, 4.69) is 5.32 Å². The van der Waals surface area contributed by atoms with E-state index in [9.17, 15) is 19.7 Å². The number of pyridine rings is 1. The number of hydrogen-bond acceptors (Lipinski definition) is 5. The van der Waals surface area contributed by atoms with Crippen molar-refractivity contribution in [3.05, 3.63) is 104 Å². The molecule has 0 unspecified atom stereocenters. The zero-order valence-corrected chi connectivity index (χ0v) is 17.7. The molecule has 160 valence electrons. The molecular weight excluding hydrogens is 455 g/mol. The smallest absolute Gasteiger partial charge is 0.270 e. The largest absolute Gasteiger partial charge is 0.396 e. The number of nitrogen functional groups attached to an aromatic ring is 1. The van der Waals surface area contributed by atoms with Gasteiger partial charge in [0.1, 0.15) is 5.69 Å². The molecule has 32 heavy (non-hydrogen) atoms. The van der Waals surface area contributed by atoms with Gasteiger partial charge >= 0.3 is 0 Å². The highest BCUT2D eigenvalue weighted by atomic mass is 35.5. The van der Waals surface area contributed by atoms with Gasteiger partial charge in [0, 0.05) is 28.9 Å². The van der Waals surface area contributed by atoms with E-state index in [0.29, 0.717) is 16.2 Å².